The molecular formula is C40H41N. The van der Waals surface area contributed by atoms with Crippen LogP contribution in [0.1, 0.15) is 62.3 Å². The first kappa shape index (κ1) is 28.2. The van der Waals surface area contributed by atoms with Crippen LogP contribution in [0.15, 0.2) is 145 Å². The molecule has 0 saturated heterocycles. The predicted molar refractivity (Wildman–Crippen MR) is 179 cm³/mol. The molecule has 1 heteroatoms. The zero-order valence-corrected chi connectivity index (χ0v) is 24.7. The monoisotopic (exact) mass is 535 g/mol. The van der Waals surface area contributed by atoms with E-state index in [9.17, 15) is 0 Å². The summed E-state index contributed by atoms with van der Waals surface area (Å²) in [6.45, 7) is 10.9. The lowest BCUT2D eigenvalue weighted by atomic mass is 9.82. The van der Waals surface area contributed by atoms with Crippen molar-refractivity contribution in [1.29, 1.82) is 0 Å². The second-order valence-electron chi connectivity index (χ2n) is 11.4. The lowest BCUT2D eigenvalue weighted by molar-refractivity contribution is 0.643. The molecule has 2 aliphatic carbocycles. The minimum absolute atomic E-state index is 0.0223. The molecule has 0 amide bonds. The summed E-state index contributed by atoms with van der Waals surface area (Å²) in [5, 5.41) is 3.60. The number of benzene rings is 3. The van der Waals surface area contributed by atoms with Crippen LogP contribution >= 0.6 is 0 Å². The van der Waals surface area contributed by atoms with Gasteiger partial charge in [-0.3, -0.25) is 0 Å². The Balaban J connectivity index is 1.37. The third kappa shape index (κ3) is 6.69. The molecule has 1 nitrogen and oxygen atoms in total. The quantitative estimate of drug-likeness (QED) is 0.255. The smallest absolute Gasteiger partial charge is 0.0390 e. The first-order chi connectivity index (χ1) is 20.0. The lowest BCUT2D eigenvalue weighted by Gasteiger charge is -2.22. The number of hydrogen-bond donors (Lipinski definition) is 1. The van der Waals surface area contributed by atoms with Gasteiger partial charge in [0.25, 0.3) is 0 Å². The van der Waals surface area contributed by atoms with Gasteiger partial charge in [-0.2, -0.15) is 0 Å². The highest BCUT2D eigenvalue weighted by Crippen LogP contribution is 2.43. The van der Waals surface area contributed by atoms with E-state index in [2.05, 4.69) is 154 Å². The summed E-state index contributed by atoms with van der Waals surface area (Å²) in [6.07, 6.45) is 24.0. The van der Waals surface area contributed by atoms with E-state index in [1.807, 2.05) is 6.08 Å². The zero-order chi connectivity index (χ0) is 28.7. The molecule has 0 aliphatic heterocycles. The predicted octanol–water partition coefficient (Wildman–Crippen LogP) is 11.1. The average Bonchev–Trinajstić information content (AvgIpc) is 3.60. The third-order valence-corrected chi connectivity index (χ3v) is 8.11. The summed E-state index contributed by atoms with van der Waals surface area (Å²) in [5.74, 6) is 0. The van der Waals surface area contributed by atoms with E-state index in [0.717, 1.165) is 37.1 Å². The Morgan fingerprint density at radius 3 is 2.51 bits per heavy atom. The molecule has 0 spiro atoms. The van der Waals surface area contributed by atoms with Crippen LogP contribution < -0.4 is 5.32 Å². The van der Waals surface area contributed by atoms with Gasteiger partial charge in [0.15, 0.2) is 0 Å². The molecule has 3 aromatic rings. The Labute approximate surface area is 246 Å². The molecule has 0 fully saturated rings. The maximum atomic E-state index is 4.00. The van der Waals surface area contributed by atoms with Crippen molar-refractivity contribution >= 4 is 22.5 Å². The number of unbranched alkanes of at least 4 members (excludes halogenated alkanes) is 1. The summed E-state index contributed by atoms with van der Waals surface area (Å²) in [6, 6.07) is 26.2. The molecule has 0 aromatic heterocycles. The molecule has 3 aromatic carbocycles. The van der Waals surface area contributed by atoms with E-state index in [1.165, 1.54) is 44.5 Å². The number of anilines is 2. The van der Waals surface area contributed by atoms with E-state index in [4.69, 9.17) is 0 Å². The van der Waals surface area contributed by atoms with Crippen LogP contribution in [0, 0.1) is 0 Å². The molecule has 0 heterocycles. The zero-order valence-electron chi connectivity index (χ0n) is 24.7. The summed E-state index contributed by atoms with van der Waals surface area (Å²) in [4.78, 5) is 0. The molecule has 0 atom stereocenters. The summed E-state index contributed by atoms with van der Waals surface area (Å²) in [7, 11) is 0. The number of allylic oxidation sites excluding steroid dienone is 13. The van der Waals surface area contributed by atoms with Crippen LogP contribution in [0.2, 0.25) is 0 Å². The van der Waals surface area contributed by atoms with Gasteiger partial charge in [-0.25, -0.2) is 0 Å². The molecule has 0 saturated carbocycles. The highest BCUT2D eigenvalue weighted by atomic mass is 14.9. The van der Waals surface area contributed by atoms with E-state index >= 15 is 0 Å². The van der Waals surface area contributed by atoms with Crippen molar-refractivity contribution in [2.45, 2.75) is 51.9 Å². The van der Waals surface area contributed by atoms with Gasteiger partial charge in [0.05, 0.1) is 0 Å². The molecule has 41 heavy (non-hydrogen) atoms. The largest absolute Gasteiger partial charge is 0.356 e. The maximum Gasteiger partial charge on any atom is 0.0390 e. The maximum absolute atomic E-state index is 4.00. The Kier molecular flexibility index (Phi) is 8.85. The molecule has 2 aliphatic rings. The Morgan fingerprint density at radius 1 is 0.951 bits per heavy atom. The van der Waals surface area contributed by atoms with Crippen LogP contribution in [-0.4, -0.2) is 0 Å². The number of nitrogens with one attached hydrogen (secondary N) is 1. The molecule has 1 N–H and O–H groups in total. The standard InChI is InChI=1S/C40H41N/c1-5-7-14-32(22-21-30(13-6-2)27-36-28-35-17-10-11-20-39(35)40(36,3)4)34-18-12-19-38(29-34)41-37-25-23-33(24-26-37)31-15-8-9-16-31/h6,8,10-27,29,41H,2,5,7,9,28H2,1,3-4H3/b22-21?,30-13-,32-14+,36-27+. The number of fused-ring (bicyclic) bond motifs is 1. The fourth-order valence-corrected chi connectivity index (χ4v) is 5.73. The van der Waals surface area contributed by atoms with Crippen LogP contribution in [0.5, 0.6) is 0 Å². The topological polar surface area (TPSA) is 12.0 Å². The highest BCUT2D eigenvalue weighted by Gasteiger charge is 2.33. The summed E-state index contributed by atoms with van der Waals surface area (Å²) < 4.78 is 0. The second-order valence-corrected chi connectivity index (χ2v) is 11.4. The van der Waals surface area contributed by atoms with Gasteiger partial charge in [0.1, 0.15) is 0 Å². The molecule has 0 bridgehead atoms. The van der Waals surface area contributed by atoms with Gasteiger partial charge < -0.3 is 5.32 Å². The summed E-state index contributed by atoms with van der Waals surface area (Å²) >= 11 is 0. The van der Waals surface area contributed by atoms with Gasteiger partial charge in [0.2, 0.25) is 0 Å². The Morgan fingerprint density at radius 2 is 1.78 bits per heavy atom. The molecule has 0 unspecified atom stereocenters. The van der Waals surface area contributed by atoms with Gasteiger partial charge in [0, 0.05) is 16.8 Å². The van der Waals surface area contributed by atoms with Crippen LogP contribution in [0.3, 0.4) is 0 Å². The fraction of sp³-hybridized carbons (Fsp3) is 0.200. The minimum Gasteiger partial charge on any atom is -0.356 e. The van der Waals surface area contributed by atoms with Crippen molar-refractivity contribution in [3.05, 3.63) is 167 Å². The highest BCUT2D eigenvalue weighted by molar-refractivity contribution is 5.79. The lowest BCUT2D eigenvalue weighted by Crippen LogP contribution is -2.15. The van der Waals surface area contributed by atoms with Crippen molar-refractivity contribution in [1.82, 2.24) is 0 Å². The SMILES string of the molecule is C=C/C=C(C=C/C(=C\CCC)c1cccc(Nc2ccc(C3=CCC=C3)cc2)c1)\C=C1/Cc2ccccc2C1(C)C. The van der Waals surface area contributed by atoms with E-state index in [0.29, 0.717) is 0 Å². The van der Waals surface area contributed by atoms with Gasteiger partial charge >= 0.3 is 0 Å². The number of hydrogen-bond acceptors (Lipinski definition) is 1. The van der Waals surface area contributed by atoms with Gasteiger partial charge in [-0.05, 0) is 82.5 Å². The van der Waals surface area contributed by atoms with Crippen molar-refractivity contribution < 1.29 is 0 Å². The van der Waals surface area contributed by atoms with E-state index in [-0.39, 0.29) is 5.41 Å². The third-order valence-electron chi connectivity index (χ3n) is 8.11. The van der Waals surface area contributed by atoms with E-state index in [1.54, 1.807) is 0 Å². The minimum atomic E-state index is 0.0223. The van der Waals surface area contributed by atoms with E-state index < -0.39 is 0 Å². The Hall–Kier alpha value is -4.36. The first-order valence-corrected chi connectivity index (χ1v) is 14.8. The first-order valence-electron chi connectivity index (χ1n) is 14.8. The van der Waals surface area contributed by atoms with Crippen molar-refractivity contribution in [3.63, 3.8) is 0 Å². The van der Waals surface area contributed by atoms with Gasteiger partial charge in [-0.15, -0.1) is 0 Å². The van der Waals surface area contributed by atoms with Crippen molar-refractivity contribution in [2.75, 3.05) is 5.32 Å². The van der Waals surface area contributed by atoms with Crippen LogP contribution in [0.4, 0.5) is 11.4 Å². The fourth-order valence-electron chi connectivity index (χ4n) is 5.73. The normalized spacial score (nSPS) is 17.2. The molecule has 5 rings (SSSR count). The Bertz CT molecular complexity index is 1580. The molecule has 0 radical (unpaired) electrons. The average molecular weight is 536 g/mol. The second kappa shape index (κ2) is 12.9. The summed E-state index contributed by atoms with van der Waals surface area (Å²) in [5.41, 5.74) is 12.7. The van der Waals surface area contributed by atoms with Gasteiger partial charge in [-0.1, -0.05) is 143 Å². The molecular weight excluding hydrogens is 494 g/mol. The van der Waals surface area contributed by atoms with Crippen LogP contribution in [-0.2, 0) is 11.8 Å². The molecule has 206 valence electrons. The van der Waals surface area contributed by atoms with Crippen molar-refractivity contribution in [2.24, 2.45) is 0 Å². The van der Waals surface area contributed by atoms with Crippen LogP contribution in [0.25, 0.3) is 11.1 Å². The van der Waals surface area contributed by atoms with Crippen molar-refractivity contribution in [3.8, 4) is 0 Å². The number of rotatable bonds is 10.